The lowest BCUT2D eigenvalue weighted by Crippen LogP contribution is -2.17. The number of fused-ring (bicyclic) bond motifs is 1. The van der Waals surface area contributed by atoms with E-state index in [0.717, 1.165) is 18.5 Å². The minimum atomic E-state index is -0.533. The lowest BCUT2D eigenvalue weighted by Gasteiger charge is -2.06. The number of nitrogens with one attached hydrogen (secondary N) is 1. The Balaban J connectivity index is 1.62. The van der Waals surface area contributed by atoms with Crippen LogP contribution in [-0.4, -0.2) is 26.9 Å². The molecule has 142 valence electrons. The van der Waals surface area contributed by atoms with Gasteiger partial charge in [0.25, 0.3) is 5.56 Å². The average molecular weight is 386 g/mol. The van der Waals surface area contributed by atoms with Gasteiger partial charge in [-0.2, -0.15) is 0 Å². The SMILES string of the molecule is Cc1ccc2nc(COC(=O)c3csc(NCCC(C)C)n3)cc(=O)n2c1. The molecule has 1 N–H and O–H groups in total. The second-order valence-corrected chi connectivity index (χ2v) is 7.60. The fourth-order valence-corrected chi connectivity index (χ4v) is 3.17. The summed E-state index contributed by atoms with van der Waals surface area (Å²) >= 11 is 1.36. The maximum Gasteiger partial charge on any atom is 0.358 e. The van der Waals surface area contributed by atoms with Gasteiger partial charge in [-0.1, -0.05) is 19.9 Å². The molecule has 0 aliphatic carbocycles. The predicted octanol–water partition coefficient (Wildman–Crippen LogP) is 3.27. The molecule has 27 heavy (non-hydrogen) atoms. The number of aromatic nitrogens is 3. The van der Waals surface area contributed by atoms with E-state index in [1.165, 1.54) is 21.8 Å². The van der Waals surface area contributed by atoms with Gasteiger partial charge in [0.05, 0.1) is 5.69 Å². The number of carbonyl (C=O) groups is 1. The second-order valence-electron chi connectivity index (χ2n) is 6.74. The van der Waals surface area contributed by atoms with Gasteiger partial charge in [-0.3, -0.25) is 9.20 Å². The van der Waals surface area contributed by atoms with Gasteiger partial charge in [0.2, 0.25) is 0 Å². The molecule has 0 fully saturated rings. The molecule has 0 bridgehead atoms. The van der Waals surface area contributed by atoms with Crippen LogP contribution < -0.4 is 10.9 Å². The summed E-state index contributed by atoms with van der Waals surface area (Å²) in [6.07, 6.45) is 2.76. The Bertz CT molecular complexity index is 1010. The smallest absolute Gasteiger partial charge is 0.358 e. The fourth-order valence-electron chi connectivity index (χ4n) is 2.46. The zero-order valence-corrected chi connectivity index (χ0v) is 16.4. The van der Waals surface area contributed by atoms with Gasteiger partial charge in [0, 0.05) is 24.2 Å². The molecular weight excluding hydrogens is 364 g/mol. The molecule has 3 aromatic heterocycles. The third-order valence-corrected chi connectivity index (χ3v) is 4.72. The molecule has 3 rings (SSSR count). The largest absolute Gasteiger partial charge is 0.454 e. The Hall–Kier alpha value is -2.74. The first-order valence-electron chi connectivity index (χ1n) is 8.78. The number of nitrogens with zero attached hydrogens (tertiary/aromatic N) is 3. The van der Waals surface area contributed by atoms with Crippen LogP contribution in [-0.2, 0) is 11.3 Å². The molecule has 0 radical (unpaired) electrons. The van der Waals surface area contributed by atoms with Crippen LogP contribution in [0.1, 0.15) is 42.0 Å². The lowest BCUT2D eigenvalue weighted by atomic mass is 10.1. The van der Waals surface area contributed by atoms with Crippen LogP contribution in [0.3, 0.4) is 0 Å². The number of ether oxygens (including phenoxy) is 1. The van der Waals surface area contributed by atoms with Gasteiger partial charge in [0.15, 0.2) is 10.8 Å². The van der Waals surface area contributed by atoms with Gasteiger partial charge < -0.3 is 10.1 Å². The molecule has 0 aromatic carbocycles. The first-order valence-corrected chi connectivity index (χ1v) is 9.66. The minimum Gasteiger partial charge on any atom is -0.454 e. The maximum absolute atomic E-state index is 12.2. The van der Waals surface area contributed by atoms with E-state index in [9.17, 15) is 9.59 Å². The highest BCUT2D eigenvalue weighted by Crippen LogP contribution is 2.17. The number of aryl methyl sites for hydroxylation is 1. The van der Waals surface area contributed by atoms with Crippen LogP contribution in [0.5, 0.6) is 0 Å². The number of pyridine rings is 1. The number of anilines is 1. The lowest BCUT2D eigenvalue weighted by molar-refractivity contribution is 0.0462. The summed E-state index contributed by atoms with van der Waals surface area (Å²) in [5.74, 6) is 0.0680. The standard InChI is InChI=1S/C19H22N4O3S/c1-12(2)6-7-20-19-22-15(11-27-19)18(25)26-10-14-8-17(24)23-9-13(3)4-5-16(23)21-14/h4-5,8-9,11-12H,6-7,10H2,1-3H3,(H,20,22). The summed E-state index contributed by atoms with van der Waals surface area (Å²) in [6, 6.07) is 5.01. The summed E-state index contributed by atoms with van der Waals surface area (Å²) in [5, 5.41) is 5.55. The van der Waals surface area contributed by atoms with E-state index in [-0.39, 0.29) is 17.9 Å². The van der Waals surface area contributed by atoms with E-state index in [2.05, 4.69) is 29.1 Å². The van der Waals surface area contributed by atoms with Crippen molar-refractivity contribution in [3.63, 3.8) is 0 Å². The van der Waals surface area contributed by atoms with Gasteiger partial charge in [-0.15, -0.1) is 11.3 Å². The van der Waals surface area contributed by atoms with E-state index in [0.29, 0.717) is 22.4 Å². The molecule has 8 heteroatoms. The summed E-state index contributed by atoms with van der Waals surface area (Å²) < 4.78 is 6.73. The van der Waals surface area contributed by atoms with Crippen molar-refractivity contribution in [2.75, 3.05) is 11.9 Å². The number of hydrogen-bond donors (Lipinski definition) is 1. The van der Waals surface area contributed by atoms with Crippen molar-refractivity contribution < 1.29 is 9.53 Å². The van der Waals surface area contributed by atoms with Crippen molar-refractivity contribution in [3.8, 4) is 0 Å². The van der Waals surface area contributed by atoms with E-state index >= 15 is 0 Å². The summed E-state index contributed by atoms with van der Waals surface area (Å²) in [6.45, 7) is 6.94. The van der Waals surface area contributed by atoms with Crippen LogP contribution >= 0.6 is 11.3 Å². The van der Waals surface area contributed by atoms with Crippen molar-refractivity contribution in [1.29, 1.82) is 0 Å². The van der Waals surface area contributed by atoms with Crippen molar-refractivity contribution in [2.45, 2.75) is 33.8 Å². The fraction of sp³-hybridized carbons (Fsp3) is 0.368. The third-order valence-electron chi connectivity index (χ3n) is 3.92. The first-order chi connectivity index (χ1) is 12.9. The van der Waals surface area contributed by atoms with Gasteiger partial charge in [-0.25, -0.2) is 14.8 Å². The monoisotopic (exact) mass is 386 g/mol. The molecule has 0 spiro atoms. The van der Waals surface area contributed by atoms with E-state index < -0.39 is 5.97 Å². The van der Waals surface area contributed by atoms with Crippen LogP contribution in [0.4, 0.5) is 5.13 Å². The quantitative estimate of drug-likeness (QED) is 0.627. The molecule has 0 atom stereocenters. The number of esters is 1. The van der Waals surface area contributed by atoms with Crippen LogP contribution in [0.25, 0.3) is 5.65 Å². The molecule has 0 aliphatic heterocycles. The Labute approximate surface area is 161 Å². The average Bonchev–Trinajstić information content (AvgIpc) is 3.09. The van der Waals surface area contributed by atoms with Crippen molar-refractivity contribution in [3.05, 3.63) is 57.1 Å². The molecule has 0 unspecified atom stereocenters. The van der Waals surface area contributed by atoms with Gasteiger partial charge in [0.1, 0.15) is 12.3 Å². The number of thiazole rings is 1. The van der Waals surface area contributed by atoms with Crippen LogP contribution in [0, 0.1) is 12.8 Å². The van der Waals surface area contributed by atoms with Crippen molar-refractivity contribution in [1.82, 2.24) is 14.4 Å². The third kappa shape index (κ3) is 4.91. The highest BCUT2D eigenvalue weighted by atomic mass is 32.1. The van der Waals surface area contributed by atoms with Crippen molar-refractivity contribution >= 4 is 28.1 Å². The van der Waals surface area contributed by atoms with Gasteiger partial charge >= 0.3 is 5.97 Å². The number of carbonyl (C=O) groups excluding carboxylic acids is 1. The second kappa shape index (κ2) is 8.30. The molecule has 0 aliphatic rings. The Morgan fingerprint density at radius 1 is 1.33 bits per heavy atom. The molecule has 0 saturated heterocycles. The van der Waals surface area contributed by atoms with Crippen LogP contribution in [0.2, 0.25) is 0 Å². The highest BCUT2D eigenvalue weighted by Gasteiger charge is 2.13. The molecule has 3 heterocycles. The summed E-state index contributed by atoms with van der Waals surface area (Å²) in [7, 11) is 0. The molecule has 7 nitrogen and oxygen atoms in total. The number of rotatable bonds is 7. The van der Waals surface area contributed by atoms with Crippen molar-refractivity contribution in [2.24, 2.45) is 5.92 Å². The first kappa shape index (κ1) is 19.0. The maximum atomic E-state index is 12.2. The molecule has 0 amide bonds. The zero-order chi connectivity index (χ0) is 19.4. The minimum absolute atomic E-state index is 0.0773. The number of hydrogen-bond acceptors (Lipinski definition) is 7. The Morgan fingerprint density at radius 2 is 2.15 bits per heavy atom. The highest BCUT2D eigenvalue weighted by molar-refractivity contribution is 7.13. The Morgan fingerprint density at radius 3 is 2.93 bits per heavy atom. The normalized spacial score (nSPS) is 11.1. The topological polar surface area (TPSA) is 85.6 Å². The van der Waals surface area contributed by atoms with E-state index in [4.69, 9.17) is 4.74 Å². The molecule has 0 saturated carbocycles. The van der Waals surface area contributed by atoms with E-state index in [1.54, 1.807) is 17.6 Å². The Kier molecular flexibility index (Phi) is 5.85. The predicted molar refractivity (Wildman–Crippen MR) is 105 cm³/mol. The molecular formula is C19H22N4O3S. The summed E-state index contributed by atoms with van der Waals surface area (Å²) in [5.41, 5.74) is 1.93. The van der Waals surface area contributed by atoms with E-state index in [1.807, 2.05) is 13.0 Å². The zero-order valence-electron chi connectivity index (χ0n) is 15.6. The molecule has 3 aromatic rings. The summed E-state index contributed by atoms with van der Waals surface area (Å²) in [4.78, 5) is 33.0. The van der Waals surface area contributed by atoms with Gasteiger partial charge in [-0.05, 0) is 30.9 Å². The van der Waals surface area contributed by atoms with Crippen LogP contribution in [0.15, 0.2) is 34.6 Å².